The monoisotopic (exact) mass is 439 g/mol. The van der Waals surface area contributed by atoms with Crippen molar-refractivity contribution in [2.45, 2.75) is 11.1 Å². The first-order valence-corrected chi connectivity index (χ1v) is 11.7. The highest BCUT2D eigenvalue weighted by molar-refractivity contribution is 7.94. The van der Waals surface area contributed by atoms with Crippen LogP contribution in [-0.2, 0) is 10.0 Å². The molecule has 2 aromatic carbocycles. The SMILES string of the molecule is Cc1cc(NS(=O)(=O)c2cc3ccccc3s2)cc(OCCNc2ccncc2)c1. The highest BCUT2D eigenvalue weighted by Crippen LogP contribution is 2.31. The minimum Gasteiger partial charge on any atom is -0.492 e. The summed E-state index contributed by atoms with van der Waals surface area (Å²) in [4.78, 5) is 3.98. The number of thiophene rings is 1. The number of sulfonamides is 1. The molecule has 0 saturated carbocycles. The minimum absolute atomic E-state index is 0.286. The Hall–Kier alpha value is -3.10. The molecule has 4 rings (SSSR count). The summed E-state index contributed by atoms with van der Waals surface area (Å²) in [7, 11) is -3.68. The first-order valence-electron chi connectivity index (χ1n) is 9.39. The summed E-state index contributed by atoms with van der Waals surface area (Å²) < 4.78 is 35.4. The number of nitrogens with one attached hydrogen (secondary N) is 2. The van der Waals surface area contributed by atoms with E-state index in [1.54, 1.807) is 30.6 Å². The van der Waals surface area contributed by atoms with E-state index >= 15 is 0 Å². The molecule has 0 amide bonds. The fourth-order valence-corrected chi connectivity index (χ4v) is 5.46. The maximum absolute atomic E-state index is 12.9. The smallest absolute Gasteiger partial charge is 0.271 e. The Bertz CT molecular complexity index is 1220. The minimum atomic E-state index is -3.68. The molecule has 2 aromatic heterocycles. The van der Waals surface area contributed by atoms with Crippen LogP contribution in [0.4, 0.5) is 11.4 Å². The van der Waals surface area contributed by atoms with Gasteiger partial charge in [-0.25, -0.2) is 8.42 Å². The van der Waals surface area contributed by atoms with Crippen LogP contribution >= 0.6 is 11.3 Å². The van der Waals surface area contributed by atoms with Crippen molar-refractivity contribution in [3.05, 3.63) is 78.6 Å². The average Bonchev–Trinajstić information content (AvgIpc) is 3.17. The highest BCUT2D eigenvalue weighted by Gasteiger charge is 2.18. The first kappa shape index (κ1) is 20.2. The van der Waals surface area contributed by atoms with E-state index in [1.165, 1.54) is 11.3 Å². The largest absolute Gasteiger partial charge is 0.492 e. The number of aryl methyl sites for hydroxylation is 1. The quantitative estimate of drug-likeness (QED) is 0.382. The summed E-state index contributed by atoms with van der Waals surface area (Å²) in [6, 6.07) is 18.4. The molecule has 30 heavy (non-hydrogen) atoms. The van der Waals surface area contributed by atoms with Crippen molar-refractivity contribution in [1.82, 2.24) is 4.98 Å². The summed E-state index contributed by atoms with van der Waals surface area (Å²) in [5.41, 5.74) is 2.35. The van der Waals surface area contributed by atoms with Gasteiger partial charge in [-0.15, -0.1) is 11.3 Å². The average molecular weight is 440 g/mol. The van der Waals surface area contributed by atoms with Crippen LogP contribution < -0.4 is 14.8 Å². The number of fused-ring (bicyclic) bond motifs is 1. The van der Waals surface area contributed by atoms with Gasteiger partial charge in [0.2, 0.25) is 0 Å². The van der Waals surface area contributed by atoms with Crippen LogP contribution in [0.2, 0.25) is 0 Å². The van der Waals surface area contributed by atoms with Gasteiger partial charge in [-0.05, 0) is 54.3 Å². The number of pyridine rings is 1. The number of rotatable bonds is 8. The molecule has 2 N–H and O–H groups in total. The van der Waals surface area contributed by atoms with E-state index in [4.69, 9.17) is 4.74 Å². The third kappa shape index (κ3) is 4.90. The summed E-state index contributed by atoms with van der Waals surface area (Å²) in [6.07, 6.45) is 3.44. The molecule has 0 aliphatic heterocycles. The summed E-state index contributed by atoms with van der Waals surface area (Å²) >= 11 is 1.25. The molecule has 0 aliphatic carbocycles. The number of aromatic nitrogens is 1. The van der Waals surface area contributed by atoms with E-state index in [1.807, 2.05) is 49.4 Å². The van der Waals surface area contributed by atoms with E-state index in [9.17, 15) is 8.42 Å². The number of ether oxygens (including phenoxy) is 1. The Morgan fingerprint density at radius 3 is 2.60 bits per heavy atom. The molecule has 6 nitrogen and oxygen atoms in total. The van der Waals surface area contributed by atoms with E-state index < -0.39 is 10.0 Å². The van der Waals surface area contributed by atoms with Crippen LogP contribution in [0.5, 0.6) is 5.75 Å². The number of nitrogens with zero attached hydrogens (tertiary/aromatic N) is 1. The van der Waals surface area contributed by atoms with Crippen LogP contribution in [0.3, 0.4) is 0 Å². The van der Waals surface area contributed by atoms with Gasteiger partial charge in [0.1, 0.15) is 16.6 Å². The van der Waals surface area contributed by atoms with Gasteiger partial charge in [0.05, 0.1) is 5.69 Å². The van der Waals surface area contributed by atoms with Crippen molar-refractivity contribution in [2.75, 3.05) is 23.2 Å². The van der Waals surface area contributed by atoms with Crippen molar-refractivity contribution < 1.29 is 13.2 Å². The lowest BCUT2D eigenvalue weighted by atomic mass is 10.2. The topological polar surface area (TPSA) is 80.3 Å². The normalized spacial score (nSPS) is 11.4. The molecule has 0 spiro atoms. The molecule has 0 aliphatic rings. The van der Waals surface area contributed by atoms with Gasteiger partial charge in [0.25, 0.3) is 10.0 Å². The Balaban J connectivity index is 1.43. The highest BCUT2D eigenvalue weighted by atomic mass is 32.2. The van der Waals surface area contributed by atoms with Crippen LogP contribution in [-0.4, -0.2) is 26.6 Å². The third-order valence-electron chi connectivity index (χ3n) is 4.35. The van der Waals surface area contributed by atoms with E-state index in [0.717, 1.165) is 21.3 Å². The van der Waals surface area contributed by atoms with Gasteiger partial charge < -0.3 is 10.1 Å². The maximum Gasteiger partial charge on any atom is 0.271 e. The maximum atomic E-state index is 12.9. The van der Waals surface area contributed by atoms with Gasteiger partial charge in [0.15, 0.2) is 0 Å². The van der Waals surface area contributed by atoms with Gasteiger partial charge >= 0.3 is 0 Å². The molecule has 0 bridgehead atoms. The van der Waals surface area contributed by atoms with E-state index in [0.29, 0.717) is 24.6 Å². The lowest BCUT2D eigenvalue weighted by molar-refractivity contribution is 0.333. The Morgan fingerprint density at radius 2 is 1.80 bits per heavy atom. The second-order valence-corrected chi connectivity index (χ2v) is 9.75. The van der Waals surface area contributed by atoms with Crippen molar-refractivity contribution in [3.8, 4) is 5.75 Å². The molecular formula is C22H21N3O3S2. The Morgan fingerprint density at radius 1 is 1.00 bits per heavy atom. The second-order valence-electron chi connectivity index (χ2n) is 6.75. The zero-order chi connectivity index (χ0) is 21.0. The van der Waals surface area contributed by atoms with Gasteiger partial charge in [-0.2, -0.15) is 0 Å². The molecule has 2 heterocycles. The molecule has 0 fully saturated rings. The van der Waals surface area contributed by atoms with Crippen LogP contribution in [0.1, 0.15) is 5.56 Å². The van der Waals surface area contributed by atoms with Crippen molar-refractivity contribution in [3.63, 3.8) is 0 Å². The molecule has 8 heteroatoms. The van der Waals surface area contributed by atoms with Gasteiger partial charge in [-0.1, -0.05) is 18.2 Å². The number of anilines is 2. The summed E-state index contributed by atoms with van der Waals surface area (Å²) in [6.45, 7) is 2.95. The third-order valence-corrected chi connectivity index (χ3v) is 7.32. The fraction of sp³-hybridized carbons (Fsp3) is 0.136. The predicted molar refractivity (Wildman–Crippen MR) is 122 cm³/mol. The molecule has 0 unspecified atom stereocenters. The lowest BCUT2D eigenvalue weighted by Crippen LogP contribution is -2.13. The first-order chi connectivity index (χ1) is 14.5. The van der Waals surface area contributed by atoms with E-state index in [-0.39, 0.29) is 4.21 Å². The Kier molecular flexibility index (Phi) is 5.87. The zero-order valence-corrected chi connectivity index (χ0v) is 18.0. The number of hydrogen-bond acceptors (Lipinski definition) is 6. The molecular weight excluding hydrogens is 418 g/mol. The molecule has 0 radical (unpaired) electrons. The Labute approximate surface area is 179 Å². The van der Waals surface area contributed by atoms with Crippen molar-refractivity contribution >= 4 is 42.8 Å². The summed E-state index contributed by atoms with van der Waals surface area (Å²) in [5, 5.41) is 4.16. The second kappa shape index (κ2) is 8.73. The van der Waals surface area contributed by atoms with Crippen LogP contribution in [0.15, 0.2) is 77.3 Å². The van der Waals surface area contributed by atoms with Crippen LogP contribution in [0.25, 0.3) is 10.1 Å². The van der Waals surface area contributed by atoms with Crippen molar-refractivity contribution in [1.29, 1.82) is 0 Å². The molecule has 154 valence electrons. The number of benzene rings is 2. The predicted octanol–water partition coefficient (Wildman–Crippen LogP) is 4.90. The van der Waals surface area contributed by atoms with Gasteiger partial charge in [0, 0.05) is 35.4 Å². The lowest BCUT2D eigenvalue weighted by Gasteiger charge is -2.12. The number of hydrogen-bond donors (Lipinski definition) is 2. The van der Waals surface area contributed by atoms with E-state index in [2.05, 4.69) is 15.0 Å². The van der Waals surface area contributed by atoms with Gasteiger partial charge in [-0.3, -0.25) is 9.71 Å². The molecule has 0 atom stereocenters. The fourth-order valence-electron chi connectivity index (χ4n) is 3.02. The molecule has 4 aromatic rings. The molecule has 0 saturated heterocycles. The zero-order valence-electron chi connectivity index (χ0n) is 16.3. The van der Waals surface area contributed by atoms with Crippen molar-refractivity contribution in [2.24, 2.45) is 0 Å². The van der Waals surface area contributed by atoms with Crippen LogP contribution in [0, 0.1) is 6.92 Å². The summed E-state index contributed by atoms with van der Waals surface area (Å²) in [5.74, 6) is 0.612. The standard InChI is InChI=1S/C22H21N3O3S2/c1-16-12-19(15-20(13-16)28-11-10-24-18-6-8-23-9-7-18)25-30(26,27)22-14-17-4-2-3-5-21(17)29-22/h2-9,12-15,25H,10-11H2,1H3,(H,23,24).